The highest BCUT2D eigenvalue weighted by Gasteiger charge is 2.42. The van der Waals surface area contributed by atoms with Crippen molar-refractivity contribution in [3.63, 3.8) is 0 Å². The van der Waals surface area contributed by atoms with Crippen molar-refractivity contribution in [3.8, 4) is 28.1 Å². The number of fused-ring (bicyclic) bond motifs is 6. The topological polar surface area (TPSA) is 193 Å². The Labute approximate surface area is 360 Å². The molecule has 0 saturated carbocycles. The van der Waals surface area contributed by atoms with Crippen LogP contribution in [-0.4, -0.2) is 107 Å². The Morgan fingerprint density at radius 1 is 0.823 bits per heavy atom. The van der Waals surface area contributed by atoms with E-state index in [1.165, 1.54) is 14.2 Å². The molecule has 4 N–H and O–H groups in total. The minimum Gasteiger partial charge on any atom is -0.488 e. The van der Waals surface area contributed by atoms with E-state index < -0.39 is 24.3 Å². The third-order valence-corrected chi connectivity index (χ3v) is 12.6. The van der Waals surface area contributed by atoms with Crippen molar-refractivity contribution in [2.45, 2.75) is 78.2 Å². The predicted molar refractivity (Wildman–Crippen MR) is 232 cm³/mol. The molecule has 3 aliphatic rings. The van der Waals surface area contributed by atoms with Gasteiger partial charge in [-0.1, -0.05) is 52.8 Å². The first-order valence-corrected chi connectivity index (χ1v) is 21.3. The SMILES string of the molecule is COCC1C[C@@H](c2nc3ccc4cc5c(cc4c3[nH]2)OCc2cc(-c3cnc([C@@H]4C[C@H](C)CN4C(=O)[C@@H](NC(=O)OC)C(C)C)[nH]3)ccc2-5)N(C(=O)[C@@H](NC(=O)OC)C(C)C)C1. The number of likely N-dealkylation sites (tertiary alicyclic amines) is 2. The lowest BCUT2D eigenvalue weighted by atomic mass is 9.92. The third-order valence-electron chi connectivity index (χ3n) is 12.6. The smallest absolute Gasteiger partial charge is 0.407 e. The number of alkyl carbamates (subject to hydrolysis) is 2. The number of hydrogen-bond donors (Lipinski definition) is 4. The molecule has 1 unspecified atom stereocenters. The molecule has 16 nitrogen and oxygen atoms in total. The van der Waals surface area contributed by atoms with Crippen molar-refractivity contribution in [2.75, 3.05) is 41.0 Å². The molecule has 2 fully saturated rings. The number of H-pyrrole nitrogens is 2. The van der Waals surface area contributed by atoms with Gasteiger partial charge in [0.2, 0.25) is 11.8 Å². The van der Waals surface area contributed by atoms with Crippen molar-refractivity contribution in [2.24, 2.45) is 23.7 Å². The zero-order valence-electron chi connectivity index (χ0n) is 36.5. The number of carbonyl (C=O) groups excluding carboxylic acids is 4. The molecule has 3 aliphatic heterocycles. The van der Waals surface area contributed by atoms with Crippen LogP contribution < -0.4 is 15.4 Å². The number of aromatic nitrogens is 4. The van der Waals surface area contributed by atoms with E-state index >= 15 is 0 Å². The van der Waals surface area contributed by atoms with Gasteiger partial charge < -0.3 is 49.3 Å². The molecule has 5 heterocycles. The van der Waals surface area contributed by atoms with Gasteiger partial charge in [-0.3, -0.25) is 9.59 Å². The second-order valence-corrected chi connectivity index (χ2v) is 17.6. The molecule has 5 aromatic rings. The fraction of sp³-hybridized carbons (Fsp3) is 0.478. The van der Waals surface area contributed by atoms with Crippen molar-refractivity contribution in [3.05, 3.63) is 65.9 Å². The fourth-order valence-electron chi connectivity index (χ4n) is 9.38. The first-order chi connectivity index (χ1) is 29.8. The summed E-state index contributed by atoms with van der Waals surface area (Å²) < 4.78 is 21.6. The minimum atomic E-state index is -0.762. The number of benzene rings is 3. The molecule has 2 aromatic heterocycles. The van der Waals surface area contributed by atoms with Crippen LogP contribution in [0.25, 0.3) is 44.2 Å². The maximum Gasteiger partial charge on any atom is 0.407 e. The quantitative estimate of drug-likeness (QED) is 0.109. The number of methoxy groups -OCH3 is 3. The van der Waals surface area contributed by atoms with Crippen LogP contribution in [0.4, 0.5) is 9.59 Å². The van der Waals surface area contributed by atoms with E-state index in [4.69, 9.17) is 28.9 Å². The van der Waals surface area contributed by atoms with Gasteiger partial charge >= 0.3 is 12.2 Å². The lowest BCUT2D eigenvalue weighted by Crippen LogP contribution is -2.51. The molecular weight excluding hydrogens is 793 g/mol. The van der Waals surface area contributed by atoms with Crippen LogP contribution in [0.1, 0.15) is 76.8 Å². The summed E-state index contributed by atoms with van der Waals surface area (Å²) >= 11 is 0. The van der Waals surface area contributed by atoms with Gasteiger partial charge in [0.05, 0.1) is 55.8 Å². The van der Waals surface area contributed by atoms with Crippen LogP contribution in [0.2, 0.25) is 0 Å². The molecule has 0 radical (unpaired) electrons. The van der Waals surface area contributed by atoms with E-state index in [9.17, 15) is 19.2 Å². The van der Waals surface area contributed by atoms with Gasteiger partial charge in [-0.05, 0) is 76.9 Å². The van der Waals surface area contributed by atoms with Crippen molar-refractivity contribution in [1.29, 1.82) is 0 Å². The van der Waals surface area contributed by atoms with Crippen LogP contribution >= 0.6 is 0 Å². The van der Waals surface area contributed by atoms with E-state index in [-0.39, 0.29) is 47.6 Å². The zero-order chi connectivity index (χ0) is 44.0. The van der Waals surface area contributed by atoms with Crippen molar-refractivity contribution < 1.29 is 38.1 Å². The van der Waals surface area contributed by atoms with Crippen LogP contribution in [0.3, 0.4) is 0 Å². The summed E-state index contributed by atoms with van der Waals surface area (Å²) in [6, 6.07) is 12.5. The molecule has 4 amide bonds. The second-order valence-electron chi connectivity index (χ2n) is 17.6. The van der Waals surface area contributed by atoms with Gasteiger partial charge in [-0.2, -0.15) is 0 Å². The Hall–Kier alpha value is -6.16. The van der Waals surface area contributed by atoms with Crippen LogP contribution in [-0.2, 0) is 30.4 Å². The first kappa shape index (κ1) is 42.5. The van der Waals surface area contributed by atoms with Gasteiger partial charge in [0, 0.05) is 37.1 Å². The normalized spacial score (nSPS) is 20.5. The molecular formula is C46H56N8O8. The lowest BCUT2D eigenvalue weighted by molar-refractivity contribution is -0.136. The van der Waals surface area contributed by atoms with Gasteiger partial charge in [0.25, 0.3) is 0 Å². The summed E-state index contributed by atoms with van der Waals surface area (Å²) in [5, 5.41) is 7.42. The number of nitrogens with one attached hydrogen (secondary N) is 4. The summed E-state index contributed by atoms with van der Waals surface area (Å²) in [7, 11) is 4.24. The van der Waals surface area contributed by atoms with E-state index in [1.807, 2.05) is 49.8 Å². The Balaban J connectivity index is 1.05. The molecule has 6 atom stereocenters. The molecule has 2 saturated heterocycles. The maximum atomic E-state index is 14.1. The summed E-state index contributed by atoms with van der Waals surface area (Å²) in [5.74, 6) is 1.86. The minimum absolute atomic E-state index is 0.0964. The number of aromatic amines is 2. The Morgan fingerprint density at radius 3 is 2.16 bits per heavy atom. The maximum absolute atomic E-state index is 14.1. The average molecular weight is 849 g/mol. The molecule has 0 spiro atoms. The van der Waals surface area contributed by atoms with Crippen molar-refractivity contribution in [1.82, 2.24) is 40.4 Å². The number of amides is 4. The Kier molecular flexibility index (Phi) is 11.9. The standard InChI is InChI=1S/C46H56N8O8/c1-23(2)38(51-45(57)60-7)43(55)53-19-25(5)13-35(53)41-47-18-34(49-41)28-9-11-30-29(15-28)22-62-37-17-31-27(16-32(30)37)10-12-33-40(31)50-42(48-33)36-14-26(21-59-6)20-54(36)44(56)39(24(3)4)52-46(58)61-8/h9-12,15-18,23-26,35-36,38-39H,13-14,19-22H2,1-8H3,(H,47,49)(H,48,50)(H,51,57)(H,52,58)/t25-,26?,35-,36-,38-,39-/m0/s1. The number of rotatable bonds is 11. The van der Waals surface area contributed by atoms with Gasteiger partial charge in [0.1, 0.15) is 36.1 Å². The Bertz CT molecular complexity index is 2510. The molecule has 3 aromatic carbocycles. The number of imidazole rings is 2. The largest absolute Gasteiger partial charge is 0.488 e. The van der Waals surface area contributed by atoms with Gasteiger partial charge in [-0.25, -0.2) is 19.6 Å². The van der Waals surface area contributed by atoms with Crippen LogP contribution in [0.15, 0.2) is 48.7 Å². The molecule has 328 valence electrons. The molecule has 0 bridgehead atoms. The monoisotopic (exact) mass is 848 g/mol. The molecule has 0 aliphatic carbocycles. The summed E-state index contributed by atoms with van der Waals surface area (Å²) in [6.07, 6.45) is 1.93. The highest BCUT2D eigenvalue weighted by molar-refractivity contribution is 6.07. The average Bonchev–Trinajstić information content (AvgIpc) is 4.09. The molecule has 8 rings (SSSR count). The van der Waals surface area contributed by atoms with E-state index in [0.717, 1.165) is 61.9 Å². The number of ether oxygens (including phenoxy) is 4. The predicted octanol–water partition coefficient (Wildman–Crippen LogP) is 6.87. The zero-order valence-corrected chi connectivity index (χ0v) is 36.5. The fourth-order valence-corrected chi connectivity index (χ4v) is 9.38. The van der Waals surface area contributed by atoms with Gasteiger partial charge in [0.15, 0.2) is 0 Å². The van der Waals surface area contributed by atoms with E-state index in [0.29, 0.717) is 44.4 Å². The number of hydrogen-bond acceptors (Lipinski definition) is 10. The number of nitrogens with zero attached hydrogens (tertiary/aromatic N) is 4. The molecule has 16 heteroatoms. The first-order valence-electron chi connectivity index (χ1n) is 21.3. The summed E-state index contributed by atoms with van der Waals surface area (Å²) in [4.78, 5) is 72.7. The third kappa shape index (κ3) is 8.03. The summed E-state index contributed by atoms with van der Waals surface area (Å²) in [5.41, 5.74) is 6.51. The van der Waals surface area contributed by atoms with Crippen LogP contribution in [0, 0.1) is 23.7 Å². The van der Waals surface area contributed by atoms with E-state index in [2.05, 4.69) is 63.9 Å². The highest BCUT2D eigenvalue weighted by Crippen LogP contribution is 2.44. The molecule has 62 heavy (non-hydrogen) atoms. The van der Waals surface area contributed by atoms with Crippen molar-refractivity contribution >= 4 is 45.8 Å². The Morgan fingerprint density at radius 2 is 1.50 bits per heavy atom. The highest BCUT2D eigenvalue weighted by atomic mass is 16.5. The summed E-state index contributed by atoms with van der Waals surface area (Å²) in [6.45, 7) is 11.6. The second kappa shape index (κ2) is 17.3. The lowest BCUT2D eigenvalue weighted by Gasteiger charge is -2.30. The van der Waals surface area contributed by atoms with Crippen LogP contribution in [0.5, 0.6) is 5.75 Å². The van der Waals surface area contributed by atoms with E-state index in [1.54, 1.807) is 7.11 Å². The number of carbonyl (C=O) groups is 4. The van der Waals surface area contributed by atoms with Gasteiger partial charge in [-0.15, -0.1) is 0 Å².